The topological polar surface area (TPSA) is 46.6 Å². The number of allylic oxidation sites excluding steroid dienone is 2. The fourth-order valence-corrected chi connectivity index (χ4v) is 8.04. The van der Waals surface area contributed by atoms with Crippen molar-refractivity contribution in [1.82, 2.24) is 4.90 Å². The lowest BCUT2D eigenvalue weighted by atomic mass is 9.46. The van der Waals surface area contributed by atoms with Crippen molar-refractivity contribution < 1.29 is 14.3 Å². The summed E-state index contributed by atoms with van der Waals surface area (Å²) in [5.41, 5.74) is 1.15. The van der Waals surface area contributed by atoms with Crippen LogP contribution in [-0.2, 0) is 14.3 Å². The molecule has 5 aliphatic rings. The summed E-state index contributed by atoms with van der Waals surface area (Å²) in [4.78, 5) is 27.1. The van der Waals surface area contributed by atoms with Crippen LogP contribution in [0, 0.1) is 40.9 Å². The molecule has 1 unspecified atom stereocenters. The highest BCUT2D eigenvalue weighted by Gasteiger charge is 2.65. The number of fused-ring (bicyclic) bond motifs is 5. The molecule has 0 aromatic heterocycles. The van der Waals surface area contributed by atoms with E-state index in [4.69, 9.17) is 11.2 Å². The number of carbonyl (C=O) groups excluding carboxylic acids is 2. The summed E-state index contributed by atoms with van der Waals surface area (Å²) in [6.07, 6.45) is 22.1. The van der Waals surface area contributed by atoms with Crippen LogP contribution >= 0.6 is 0 Å². The fourth-order valence-electron chi connectivity index (χ4n) is 8.04. The Labute approximate surface area is 192 Å². The van der Waals surface area contributed by atoms with Gasteiger partial charge in [0.05, 0.1) is 5.57 Å². The molecule has 170 valence electrons. The third-order valence-electron chi connectivity index (χ3n) is 9.88. The Balaban J connectivity index is 1.42. The molecule has 6 atom stereocenters. The van der Waals surface area contributed by atoms with Gasteiger partial charge in [-0.2, -0.15) is 0 Å². The van der Waals surface area contributed by atoms with Gasteiger partial charge in [-0.05, 0) is 80.4 Å². The monoisotopic (exact) mass is 433 g/mol. The van der Waals surface area contributed by atoms with Crippen LogP contribution in [0.1, 0.15) is 71.6 Å². The van der Waals surface area contributed by atoms with E-state index in [1.807, 2.05) is 36.5 Å². The van der Waals surface area contributed by atoms with E-state index in [-0.39, 0.29) is 16.8 Å². The second-order valence-electron chi connectivity index (χ2n) is 11.2. The number of hydrogen-bond acceptors (Lipinski definition) is 4. The second kappa shape index (κ2) is 7.37. The number of rotatable bonds is 2. The lowest BCUT2D eigenvalue weighted by Crippen LogP contribution is -2.55. The van der Waals surface area contributed by atoms with Crippen molar-refractivity contribution in [2.45, 2.75) is 77.2 Å². The molecule has 0 saturated heterocycles. The van der Waals surface area contributed by atoms with Crippen LogP contribution in [0.3, 0.4) is 0 Å². The first kappa shape index (κ1) is 21.6. The minimum Gasteiger partial charge on any atom is -0.442 e. The molecule has 0 bridgehead atoms. The Kier molecular flexibility index (Phi) is 4.97. The lowest BCUT2D eigenvalue weighted by Gasteiger charge is -2.58. The molecule has 32 heavy (non-hydrogen) atoms. The van der Waals surface area contributed by atoms with E-state index in [1.54, 1.807) is 0 Å². The van der Waals surface area contributed by atoms with Gasteiger partial charge in [0.15, 0.2) is 11.4 Å². The number of terminal acetylenes is 1. The highest BCUT2D eigenvalue weighted by atomic mass is 16.6. The molecule has 0 aromatic rings. The Morgan fingerprint density at radius 1 is 1.16 bits per heavy atom. The molecule has 3 fully saturated rings. The molecule has 0 radical (unpaired) electrons. The maximum absolute atomic E-state index is 13.1. The van der Waals surface area contributed by atoms with Gasteiger partial charge in [0.25, 0.3) is 0 Å². The van der Waals surface area contributed by atoms with Crippen LogP contribution in [0.5, 0.6) is 0 Å². The summed E-state index contributed by atoms with van der Waals surface area (Å²) in [7, 11) is 1.92. The van der Waals surface area contributed by atoms with Crippen LogP contribution in [0.4, 0.5) is 0 Å². The van der Waals surface area contributed by atoms with Crippen LogP contribution in [-0.4, -0.2) is 29.3 Å². The number of ether oxygens (including phenoxy) is 1. The quantitative estimate of drug-likeness (QED) is 0.445. The van der Waals surface area contributed by atoms with E-state index in [0.717, 1.165) is 44.9 Å². The average molecular weight is 434 g/mol. The minimum atomic E-state index is -0.833. The van der Waals surface area contributed by atoms with Crippen molar-refractivity contribution in [3.8, 4) is 12.3 Å². The molecular weight excluding hydrogens is 398 g/mol. The van der Waals surface area contributed by atoms with Gasteiger partial charge in [0, 0.05) is 31.5 Å². The van der Waals surface area contributed by atoms with Gasteiger partial charge in [-0.25, -0.2) is 4.79 Å². The Morgan fingerprint density at radius 3 is 2.69 bits per heavy atom. The third kappa shape index (κ3) is 2.96. The van der Waals surface area contributed by atoms with E-state index in [9.17, 15) is 9.59 Å². The zero-order chi connectivity index (χ0) is 22.7. The molecule has 0 N–H and O–H groups in total. The number of carbonyl (C=O) groups is 2. The Morgan fingerprint density at radius 2 is 1.94 bits per heavy atom. The first-order valence-corrected chi connectivity index (χ1v) is 12.3. The molecule has 3 saturated carbocycles. The molecule has 5 rings (SSSR count). The molecule has 1 aliphatic heterocycles. The first-order valence-electron chi connectivity index (χ1n) is 12.3. The van der Waals surface area contributed by atoms with Gasteiger partial charge in [-0.3, -0.25) is 4.79 Å². The number of nitrogens with zero attached hydrogens (tertiary/aromatic N) is 1. The van der Waals surface area contributed by atoms with Crippen molar-refractivity contribution >= 4 is 11.8 Å². The van der Waals surface area contributed by atoms with Gasteiger partial charge in [0.1, 0.15) is 0 Å². The normalized spacial score (nSPS) is 42.8. The van der Waals surface area contributed by atoms with Gasteiger partial charge in [0.2, 0.25) is 0 Å². The van der Waals surface area contributed by atoms with E-state index in [0.29, 0.717) is 42.0 Å². The van der Waals surface area contributed by atoms with Crippen molar-refractivity contribution in [1.29, 1.82) is 0 Å². The molecular formula is C28H35NO3. The molecule has 1 heterocycles. The van der Waals surface area contributed by atoms with Crippen LogP contribution in [0.25, 0.3) is 0 Å². The van der Waals surface area contributed by atoms with E-state index in [2.05, 4.69) is 19.8 Å². The number of esters is 1. The summed E-state index contributed by atoms with van der Waals surface area (Å²) < 4.78 is 6.27. The smallest absolute Gasteiger partial charge is 0.337 e. The standard InChI is InChI=1S/C28H35NO3/c1-5-28(32-25(31)19-7-6-16-29(4)18-19)15-12-24-22-9-8-20-17-21(30)10-13-26(20,2)23(22)11-14-27(24,28)3/h1,6,16-18,22-24H,7-15H2,2-4H3/t22-,23-,24+,26+,27+,28?/m1/s1. The predicted molar refractivity (Wildman–Crippen MR) is 124 cm³/mol. The third-order valence-corrected chi connectivity index (χ3v) is 9.88. The average Bonchev–Trinajstić information content (AvgIpc) is 3.06. The zero-order valence-corrected chi connectivity index (χ0v) is 19.7. The van der Waals surface area contributed by atoms with Crippen molar-refractivity contribution in [2.24, 2.45) is 28.6 Å². The summed E-state index contributed by atoms with van der Waals surface area (Å²) in [6, 6.07) is 0. The van der Waals surface area contributed by atoms with Gasteiger partial charge in [-0.15, -0.1) is 6.42 Å². The van der Waals surface area contributed by atoms with Crippen molar-refractivity contribution in [3.05, 3.63) is 35.7 Å². The number of hydrogen-bond donors (Lipinski definition) is 0. The molecule has 0 aromatic carbocycles. The number of ketones is 1. The van der Waals surface area contributed by atoms with Gasteiger partial charge in [-0.1, -0.05) is 31.4 Å². The second-order valence-corrected chi connectivity index (χ2v) is 11.2. The Hall–Kier alpha value is -2.28. The van der Waals surface area contributed by atoms with E-state index in [1.165, 1.54) is 5.57 Å². The minimum absolute atomic E-state index is 0.139. The lowest BCUT2D eigenvalue weighted by molar-refractivity contribution is -0.167. The molecule has 4 aliphatic carbocycles. The summed E-state index contributed by atoms with van der Waals surface area (Å²) >= 11 is 0. The van der Waals surface area contributed by atoms with E-state index >= 15 is 0 Å². The Bertz CT molecular complexity index is 983. The van der Waals surface area contributed by atoms with Crippen LogP contribution < -0.4 is 0 Å². The SMILES string of the molecule is C#CC1(OC(=O)C2=CN(C)C=CC2)CC[C@H]2[C@@H]3CCC4=CC(=O)CC[C@]4(C)[C@@H]3CC[C@@]21C. The molecule has 0 amide bonds. The highest BCUT2D eigenvalue weighted by Crippen LogP contribution is 2.68. The summed E-state index contributed by atoms with van der Waals surface area (Å²) in [6.45, 7) is 4.68. The summed E-state index contributed by atoms with van der Waals surface area (Å²) in [5.74, 6) is 4.68. The molecule has 4 heteroatoms. The largest absolute Gasteiger partial charge is 0.442 e. The van der Waals surface area contributed by atoms with Crippen LogP contribution in [0.15, 0.2) is 35.7 Å². The zero-order valence-electron chi connectivity index (χ0n) is 19.7. The predicted octanol–water partition coefficient (Wildman–Crippen LogP) is 5.17. The molecule has 4 nitrogen and oxygen atoms in total. The first-order chi connectivity index (χ1) is 15.2. The maximum Gasteiger partial charge on any atom is 0.337 e. The summed E-state index contributed by atoms with van der Waals surface area (Å²) in [5, 5.41) is 0. The van der Waals surface area contributed by atoms with Crippen molar-refractivity contribution in [2.75, 3.05) is 7.05 Å². The van der Waals surface area contributed by atoms with Gasteiger partial charge < -0.3 is 9.64 Å². The molecule has 0 spiro atoms. The highest BCUT2D eigenvalue weighted by molar-refractivity contribution is 5.91. The maximum atomic E-state index is 13.1. The van der Waals surface area contributed by atoms with Crippen molar-refractivity contribution in [3.63, 3.8) is 0 Å². The van der Waals surface area contributed by atoms with Gasteiger partial charge >= 0.3 is 5.97 Å². The van der Waals surface area contributed by atoms with E-state index < -0.39 is 5.60 Å². The fraction of sp³-hybridized carbons (Fsp3) is 0.643. The van der Waals surface area contributed by atoms with Crippen LogP contribution in [0.2, 0.25) is 0 Å².